The van der Waals surface area contributed by atoms with Crippen molar-refractivity contribution in [2.45, 2.75) is 12.5 Å². The summed E-state index contributed by atoms with van der Waals surface area (Å²) in [5, 5.41) is 3.55. The smallest absolute Gasteiger partial charge is 0.251 e. The van der Waals surface area contributed by atoms with Crippen LogP contribution in [0, 0.1) is 5.82 Å². The van der Waals surface area contributed by atoms with Crippen LogP contribution in [0.3, 0.4) is 0 Å². The van der Waals surface area contributed by atoms with Crippen LogP contribution < -0.4 is 5.32 Å². The highest BCUT2D eigenvalue weighted by Gasteiger charge is 2.13. The van der Waals surface area contributed by atoms with Crippen LogP contribution in [0.5, 0.6) is 0 Å². The molecule has 0 bridgehead atoms. The molecule has 0 radical (unpaired) electrons. The average molecular weight is 336 g/mol. The molecule has 4 heteroatoms. The molecule has 2 rings (SSSR count). The molecule has 1 atom stereocenters. The van der Waals surface area contributed by atoms with Gasteiger partial charge in [0, 0.05) is 16.9 Å². The van der Waals surface area contributed by atoms with Gasteiger partial charge in [-0.15, -0.1) is 0 Å². The molecular formula is C16H15BrFNO. The highest BCUT2D eigenvalue weighted by Crippen LogP contribution is 2.08. The second-order valence-corrected chi connectivity index (χ2v) is 5.17. The lowest BCUT2D eigenvalue weighted by atomic mass is 10.1. The molecular weight excluding hydrogens is 321 g/mol. The number of alkyl halides is 1. The molecule has 104 valence electrons. The number of hydrogen-bond acceptors (Lipinski definition) is 1. The van der Waals surface area contributed by atoms with Gasteiger partial charge in [-0.1, -0.05) is 52.3 Å². The van der Waals surface area contributed by atoms with E-state index in [0.29, 0.717) is 10.9 Å². The lowest BCUT2D eigenvalue weighted by molar-refractivity contribution is 0.0940. The van der Waals surface area contributed by atoms with Crippen LogP contribution in [-0.4, -0.2) is 17.3 Å². The van der Waals surface area contributed by atoms with Crippen molar-refractivity contribution in [3.63, 3.8) is 0 Å². The number of hydrogen-bond donors (Lipinski definition) is 1. The molecule has 1 N–H and O–H groups in total. The first kappa shape index (κ1) is 14.7. The Morgan fingerprint density at radius 1 is 1.15 bits per heavy atom. The normalized spacial score (nSPS) is 11.9. The Balaban J connectivity index is 2.01. The molecule has 0 aliphatic rings. The zero-order valence-electron chi connectivity index (χ0n) is 10.9. The van der Waals surface area contributed by atoms with Crippen molar-refractivity contribution in [3.8, 4) is 0 Å². The molecule has 0 saturated carbocycles. The third-order valence-corrected chi connectivity index (χ3v) is 3.71. The Labute approximate surface area is 126 Å². The Hall–Kier alpha value is -1.68. The van der Waals surface area contributed by atoms with Gasteiger partial charge < -0.3 is 5.32 Å². The number of amides is 1. The SMILES string of the molecule is O=C(NC(CBr)Cc1ccccc1)c1cccc(F)c1. The number of nitrogens with one attached hydrogen (secondary N) is 1. The molecule has 0 saturated heterocycles. The Morgan fingerprint density at radius 3 is 2.55 bits per heavy atom. The van der Waals surface area contributed by atoms with Gasteiger partial charge in [0.25, 0.3) is 5.91 Å². The molecule has 0 spiro atoms. The van der Waals surface area contributed by atoms with Gasteiger partial charge in [0.1, 0.15) is 5.82 Å². The Bertz CT molecular complexity index is 574. The Kier molecular flexibility index (Phi) is 5.30. The van der Waals surface area contributed by atoms with Gasteiger partial charge in [-0.25, -0.2) is 4.39 Å². The second-order valence-electron chi connectivity index (χ2n) is 4.52. The minimum atomic E-state index is -0.406. The molecule has 2 nitrogen and oxygen atoms in total. The van der Waals surface area contributed by atoms with E-state index in [4.69, 9.17) is 0 Å². The maximum Gasteiger partial charge on any atom is 0.251 e. The van der Waals surface area contributed by atoms with Crippen LogP contribution in [0.1, 0.15) is 15.9 Å². The summed E-state index contributed by atoms with van der Waals surface area (Å²) in [6, 6.07) is 15.6. The molecule has 20 heavy (non-hydrogen) atoms. The van der Waals surface area contributed by atoms with Crippen molar-refractivity contribution < 1.29 is 9.18 Å². The number of halogens is 2. The van der Waals surface area contributed by atoms with Crippen molar-refractivity contribution in [1.82, 2.24) is 5.32 Å². The van der Waals surface area contributed by atoms with Crippen LogP contribution >= 0.6 is 15.9 Å². The summed E-state index contributed by atoms with van der Waals surface area (Å²) in [7, 11) is 0. The summed E-state index contributed by atoms with van der Waals surface area (Å²) >= 11 is 3.40. The number of carbonyl (C=O) groups is 1. The highest BCUT2D eigenvalue weighted by molar-refractivity contribution is 9.09. The van der Waals surface area contributed by atoms with Gasteiger partial charge in [0.2, 0.25) is 0 Å². The van der Waals surface area contributed by atoms with Gasteiger partial charge in [0.15, 0.2) is 0 Å². The third-order valence-electron chi connectivity index (χ3n) is 2.93. The van der Waals surface area contributed by atoms with E-state index in [1.807, 2.05) is 30.3 Å². The molecule has 2 aromatic rings. The number of rotatable bonds is 5. The van der Waals surface area contributed by atoms with Crippen LogP contribution in [0.4, 0.5) is 4.39 Å². The van der Waals surface area contributed by atoms with Gasteiger partial charge >= 0.3 is 0 Å². The second kappa shape index (κ2) is 7.20. The van der Waals surface area contributed by atoms with Crippen molar-refractivity contribution in [2.24, 2.45) is 0 Å². The monoisotopic (exact) mass is 335 g/mol. The average Bonchev–Trinajstić information content (AvgIpc) is 2.47. The summed E-state index contributed by atoms with van der Waals surface area (Å²) in [6.45, 7) is 0. The van der Waals surface area contributed by atoms with Crippen molar-refractivity contribution in [3.05, 3.63) is 71.5 Å². The zero-order valence-corrected chi connectivity index (χ0v) is 12.4. The van der Waals surface area contributed by atoms with Crippen molar-refractivity contribution in [2.75, 3.05) is 5.33 Å². The van der Waals surface area contributed by atoms with E-state index in [2.05, 4.69) is 21.2 Å². The number of carbonyl (C=O) groups excluding carboxylic acids is 1. The van der Waals surface area contributed by atoms with E-state index in [9.17, 15) is 9.18 Å². The fraction of sp³-hybridized carbons (Fsp3) is 0.188. The summed E-state index contributed by atoms with van der Waals surface area (Å²) in [4.78, 5) is 12.1. The van der Waals surface area contributed by atoms with Gasteiger partial charge in [-0.3, -0.25) is 4.79 Å². The summed E-state index contributed by atoms with van der Waals surface area (Å²) in [5.74, 6) is -0.666. The maximum absolute atomic E-state index is 13.1. The topological polar surface area (TPSA) is 29.1 Å². The van der Waals surface area contributed by atoms with Crippen LogP contribution in [0.25, 0.3) is 0 Å². The molecule has 0 aromatic heterocycles. The fourth-order valence-corrected chi connectivity index (χ4v) is 2.33. The third kappa shape index (κ3) is 4.17. The van der Waals surface area contributed by atoms with E-state index in [1.165, 1.54) is 18.2 Å². The zero-order chi connectivity index (χ0) is 14.4. The first-order valence-electron chi connectivity index (χ1n) is 6.35. The van der Waals surface area contributed by atoms with E-state index < -0.39 is 5.82 Å². The summed E-state index contributed by atoms with van der Waals surface area (Å²) < 4.78 is 13.1. The van der Waals surface area contributed by atoms with E-state index in [-0.39, 0.29) is 11.9 Å². The maximum atomic E-state index is 13.1. The highest BCUT2D eigenvalue weighted by atomic mass is 79.9. The van der Waals surface area contributed by atoms with Crippen molar-refractivity contribution in [1.29, 1.82) is 0 Å². The summed E-state index contributed by atoms with van der Waals surface area (Å²) in [6.07, 6.45) is 0.729. The molecule has 0 aliphatic carbocycles. The minimum Gasteiger partial charge on any atom is -0.348 e. The molecule has 0 heterocycles. The van der Waals surface area contributed by atoms with Crippen LogP contribution in [-0.2, 0) is 6.42 Å². The first-order valence-corrected chi connectivity index (χ1v) is 7.47. The molecule has 1 unspecified atom stereocenters. The number of benzene rings is 2. The predicted molar refractivity (Wildman–Crippen MR) is 81.6 cm³/mol. The first-order chi connectivity index (χ1) is 9.69. The lowest BCUT2D eigenvalue weighted by Gasteiger charge is -2.16. The molecule has 0 fully saturated rings. The lowest BCUT2D eigenvalue weighted by Crippen LogP contribution is -2.37. The molecule has 2 aromatic carbocycles. The molecule has 1 amide bonds. The standard InChI is InChI=1S/C16H15BrFNO/c17-11-15(9-12-5-2-1-3-6-12)19-16(20)13-7-4-8-14(18)10-13/h1-8,10,15H,9,11H2,(H,19,20). The molecule has 0 aliphatic heterocycles. The predicted octanol–water partition coefficient (Wildman–Crippen LogP) is 3.56. The summed E-state index contributed by atoms with van der Waals surface area (Å²) in [5.41, 5.74) is 1.49. The largest absolute Gasteiger partial charge is 0.348 e. The van der Waals surface area contributed by atoms with Gasteiger partial charge in [-0.05, 0) is 30.2 Å². The fourth-order valence-electron chi connectivity index (χ4n) is 1.94. The van der Waals surface area contributed by atoms with Gasteiger partial charge in [0.05, 0.1) is 0 Å². The van der Waals surface area contributed by atoms with E-state index in [0.717, 1.165) is 12.0 Å². The van der Waals surface area contributed by atoms with Crippen LogP contribution in [0.15, 0.2) is 54.6 Å². The quantitative estimate of drug-likeness (QED) is 0.831. The van der Waals surface area contributed by atoms with Crippen molar-refractivity contribution >= 4 is 21.8 Å². The Morgan fingerprint density at radius 2 is 1.90 bits per heavy atom. The van der Waals surface area contributed by atoms with Crippen LogP contribution in [0.2, 0.25) is 0 Å². The minimum absolute atomic E-state index is 0.0341. The van der Waals surface area contributed by atoms with Gasteiger partial charge in [-0.2, -0.15) is 0 Å². The van der Waals surface area contributed by atoms with E-state index in [1.54, 1.807) is 6.07 Å². The van der Waals surface area contributed by atoms with E-state index >= 15 is 0 Å².